The number of nitrogens with one attached hydrogen (secondary N) is 1. The Morgan fingerprint density at radius 2 is 1.93 bits per heavy atom. The summed E-state index contributed by atoms with van der Waals surface area (Å²) in [7, 11) is 1.39. The summed E-state index contributed by atoms with van der Waals surface area (Å²) in [6, 6.07) is 11.9. The van der Waals surface area contributed by atoms with Crippen molar-refractivity contribution >= 4 is 22.8 Å². The number of para-hydroxylation sites is 1. The van der Waals surface area contributed by atoms with Gasteiger partial charge in [0, 0.05) is 42.4 Å². The molecule has 1 aromatic carbocycles. The molecule has 1 aliphatic heterocycles. The van der Waals surface area contributed by atoms with Crippen LogP contribution in [-0.2, 0) is 16.0 Å². The summed E-state index contributed by atoms with van der Waals surface area (Å²) in [5.41, 5.74) is 2.67. The molecule has 0 aliphatic carbocycles. The Kier molecular flexibility index (Phi) is 4.71. The number of hydrogen-bond donors (Lipinski definition) is 1. The Hall–Kier alpha value is -3.02. The van der Waals surface area contributed by atoms with E-state index in [0.29, 0.717) is 25.2 Å². The number of methoxy groups -OCH3 is 1. The number of benzene rings is 1. The number of rotatable bonds is 4. The quantitative estimate of drug-likeness (QED) is 0.722. The normalized spacial score (nSPS) is 15.2. The van der Waals surface area contributed by atoms with Crippen molar-refractivity contribution in [3.8, 4) is 0 Å². The van der Waals surface area contributed by atoms with Gasteiger partial charge in [0.2, 0.25) is 5.91 Å². The predicted molar refractivity (Wildman–Crippen MR) is 103 cm³/mol. The van der Waals surface area contributed by atoms with E-state index in [1.165, 1.54) is 7.11 Å². The molecule has 3 heterocycles. The second-order valence-corrected chi connectivity index (χ2v) is 6.94. The Balaban J connectivity index is 1.40. The van der Waals surface area contributed by atoms with Crippen molar-refractivity contribution in [2.45, 2.75) is 25.3 Å². The third-order valence-electron chi connectivity index (χ3n) is 5.40. The number of H-pyrrole nitrogens is 1. The van der Waals surface area contributed by atoms with Gasteiger partial charge in [-0.3, -0.25) is 4.79 Å². The van der Waals surface area contributed by atoms with Crippen LogP contribution in [0.4, 0.5) is 0 Å². The first-order valence-electron chi connectivity index (χ1n) is 9.25. The summed E-state index contributed by atoms with van der Waals surface area (Å²) in [4.78, 5) is 29.8. The molecule has 6 heteroatoms. The molecule has 0 radical (unpaired) electrons. The highest BCUT2D eigenvalue weighted by atomic mass is 16.5. The highest BCUT2D eigenvalue weighted by molar-refractivity contribution is 5.89. The third kappa shape index (κ3) is 3.35. The first-order chi connectivity index (χ1) is 13.2. The van der Waals surface area contributed by atoms with Crippen LogP contribution >= 0.6 is 0 Å². The van der Waals surface area contributed by atoms with E-state index in [1.54, 1.807) is 6.07 Å². The van der Waals surface area contributed by atoms with E-state index < -0.39 is 0 Å². The average Bonchev–Trinajstić information content (AvgIpc) is 3.35. The smallest absolute Gasteiger partial charge is 0.354 e. The van der Waals surface area contributed by atoms with E-state index in [2.05, 4.69) is 4.98 Å². The fourth-order valence-corrected chi connectivity index (χ4v) is 3.94. The first kappa shape index (κ1) is 17.4. The minimum atomic E-state index is -0.321. The van der Waals surface area contributed by atoms with Gasteiger partial charge in [0.25, 0.3) is 0 Å². The second kappa shape index (κ2) is 7.31. The zero-order valence-electron chi connectivity index (χ0n) is 15.4. The zero-order chi connectivity index (χ0) is 18.8. The van der Waals surface area contributed by atoms with Gasteiger partial charge in [-0.1, -0.05) is 18.2 Å². The largest absolute Gasteiger partial charge is 0.464 e. The number of esters is 1. The van der Waals surface area contributed by atoms with Gasteiger partial charge in [-0.05, 0) is 36.6 Å². The molecule has 0 spiro atoms. The molecule has 3 aromatic rings. The second-order valence-electron chi connectivity index (χ2n) is 6.94. The van der Waals surface area contributed by atoms with Gasteiger partial charge in [-0.15, -0.1) is 0 Å². The van der Waals surface area contributed by atoms with Gasteiger partial charge in [0.15, 0.2) is 0 Å². The number of aromatic amines is 1. The summed E-state index contributed by atoms with van der Waals surface area (Å²) in [5.74, 6) is -0.170. The van der Waals surface area contributed by atoms with E-state index in [4.69, 9.17) is 4.74 Å². The topological polar surface area (TPSA) is 67.3 Å². The molecule has 27 heavy (non-hydrogen) atoms. The highest BCUT2D eigenvalue weighted by Gasteiger charge is 2.26. The van der Waals surface area contributed by atoms with E-state index in [-0.39, 0.29) is 17.9 Å². The van der Waals surface area contributed by atoms with Crippen LogP contribution < -0.4 is 0 Å². The van der Waals surface area contributed by atoms with Crippen LogP contribution in [0.25, 0.3) is 10.9 Å². The van der Waals surface area contributed by atoms with E-state index in [9.17, 15) is 9.59 Å². The first-order valence-corrected chi connectivity index (χ1v) is 9.25. The van der Waals surface area contributed by atoms with Crippen molar-refractivity contribution in [3.63, 3.8) is 0 Å². The Morgan fingerprint density at radius 1 is 1.15 bits per heavy atom. The molecule has 1 amide bonds. The summed E-state index contributed by atoms with van der Waals surface area (Å²) in [6.07, 6.45) is 5.92. The number of fused-ring (bicyclic) bond motifs is 1. The number of carbonyl (C=O) groups is 2. The molecular formula is C21H23N3O3. The molecule has 0 unspecified atom stereocenters. The van der Waals surface area contributed by atoms with Crippen molar-refractivity contribution in [2.24, 2.45) is 0 Å². The third-order valence-corrected chi connectivity index (χ3v) is 5.40. The average molecular weight is 365 g/mol. The highest BCUT2D eigenvalue weighted by Crippen LogP contribution is 2.26. The zero-order valence-corrected chi connectivity index (χ0v) is 15.4. The summed E-state index contributed by atoms with van der Waals surface area (Å²) < 4.78 is 6.83. The van der Waals surface area contributed by atoms with Crippen molar-refractivity contribution in [1.82, 2.24) is 14.5 Å². The molecule has 140 valence electrons. The fraction of sp³-hybridized carbons (Fsp3) is 0.333. The maximum absolute atomic E-state index is 12.8. The lowest BCUT2D eigenvalue weighted by molar-refractivity contribution is -0.131. The van der Waals surface area contributed by atoms with Crippen molar-refractivity contribution in [1.29, 1.82) is 0 Å². The Labute approximate surface area is 157 Å². The molecule has 0 bridgehead atoms. The Morgan fingerprint density at radius 3 is 2.70 bits per heavy atom. The molecule has 1 N–H and O–H groups in total. The lowest BCUT2D eigenvalue weighted by Gasteiger charge is -2.33. The van der Waals surface area contributed by atoms with Crippen LogP contribution in [0.2, 0.25) is 0 Å². The van der Waals surface area contributed by atoms with Gasteiger partial charge in [0.05, 0.1) is 13.5 Å². The Bertz CT molecular complexity index is 964. The van der Waals surface area contributed by atoms with Crippen LogP contribution in [0.3, 0.4) is 0 Å². The number of amides is 1. The van der Waals surface area contributed by atoms with Crippen molar-refractivity contribution < 1.29 is 14.3 Å². The summed E-state index contributed by atoms with van der Waals surface area (Å²) in [5, 5.41) is 1.11. The SMILES string of the molecule is COC(=O)c1cccn1C1CCN(C(=O)Cc2c[nH]c3ccccc23)CC1. The number of hydrogen-bond acceptors (Lipinski definition) is 3. The maximum Gasteiger partial charge on any atom is 0.354 e. The summed E-state index contributed by atoms with van der Waals surface area (Å²) in [6.45, 7) is 1.40. The van der Waals surface area contributed by atoms with Crippen molar-refractivity contribution in [2.75, 3.05) is 20.2 Å². The number of nitrogens with zero attached hydrogens (tertiary/aromatic N) is 2. The van der Waals surface area contributed by atoms with Gasteiger partial charge in [-0.2, -0.15) is 0 Å². The van der Waals surface area contributed by atoms with E-state index >= 15 is 0 Å². The van der Waals surface area contributed by atoms with Gasteiger partial charge >= 0.3 is 5.97 Å². The summed E-state index contributed by atoms with van der Waals surface area (Å²) >= 11 is 0. The van der Waals surface area contributed by atoms with Gasteiger partial charge in [-0.25, -0.2) is 4.79 Å². The predicted octanol–water partition coefficient (Wildman–Crippen LogP) is 3.16. The molecule has 1 fully saturated rings. The molecule has 0 saturated carbocycles. The van der Waals surface area contributed by atoms with Crippen LogP contribution in [-0.4, -0.2) is 46.5 Å². The fourth-order valence-electron chi connectivity index (χ4n) is 3.94. The van der Waals surface area contributed by atoms with Crippen LogP contribution in [0.5, 0.6) is 0 Å². The minimum absolute atomic E-state index is 0.152. The molecule has 2 aromatic heterocycles. The standard InChI is InChI=1S/C21H23N3O3/c1-27-21(26)19-7-4-10-24(19)16-8-11-23(12-9-16)20(25)13-15-14-22-18-6-3-2-5-17(15)18/h2-7,10,14,16,22H,8-9,11-13H2,1H3. The van der Waals surface area contributed by atoms with E-state index in [1.807, 2.05) is 52.2 Å². The minimum Gasteiger partial charge on any atom is -0.464 e. The lowest BCUT2D eigenvalue weighted by atomic mass is 10.0. The molecule has 4 rings (SSSR count). The van der Waals surface area contributed by atoms with Crippen LogP contribution in [0, 0.1) is 0 Å². The molecule has 1 aliphatic rings. The molecule has 0 atom stereocenters. The number of piperidine rings is 1. The lowest BCUT2D eigenvalue weighted by Crippen LogP contribution is -2.40. The number of aromatic nitrogens is 2. The molecule has 1 saturated heterocycles. The monoisotopic (exact) mass is 365 g/mol. The van der Waals surface area contributed by atoms with Crippen molar-refractivity contribution in [3.05, 3.63) is 60.0 Å². The van der Waals surface area contributed by atoms with Gasteiger partial charge in [0.1, 0.15) is 5.69 Å². The maximum atomic E-state index is 12.8. The van der Waals surface area contributed by atoms with Crippen LogP contribution in [0.15, 0.2) is 48.8 Å². The number of carbonyl (C=O) groups excluding carboxylic acids is 2. The number of ether oxygens (including phenoxy) is 1. The molecular weight excluding hydrogens is 342 g/mol. The van der Waals surface area contributed by atoms with Crippen LogP contribution in [0.1, 0.15) is 34.9 Å². The number of likely N-dealkylation sites (tertiary alicyclic amines) is 1. The van der Waals surface area contributed by atoms with Gasteiger partial charge < -0.3 is 19.2 Å². The molecule has 6 nitrogen and oxygen atoms in total. The van der Waals surface area contributed by atoms with E-state index in [0.717, 1.165) is 29.3 Å².